The van der Waals surface area contributed by atoms with Crippen molar-refractivity contribution in [1.29, 1.82) is 0 Å². The third-order valence-electron chi connectivity index (χ3n) is 1.82. The summed E-state index contributed by atoms with van der Waals surface area (Å²) in [4.78, 5) is 11.2. The minimum atomic E-state index is -0.540. The number of hydrogen-bond donors (Lipinski definition) is 3. The van der Waals surface area contributed by atoms with Gasteiger partial charge in [-0.05, 0) is 18.6 Å². The van der Waals surface area contributed by atoms with E-state index in [2.05, 4.69) is 10.6 Å². The number of para-hydroxylation sites is 1. The Morgan fingerprint density at radius 3 is 2.87 bits per heavy atom. The summed E-state index contributed by atoms with van der Waals surface area (Å²) in [6, 6.07) is 3.80. The molecule has 15 heavy (non-hydrogen) atoms. The maximum absolute atomic E-state index is 13.2. The molecule has 0 saturated heterocycles. The van der Waals surface area contributed by atoms with Gasteiger partial charge in [-0.3, -0.25) is 0 Å². The minimum Gasteiger partial charge on any atom is -0.397 e. The fraction of sp³-hybridized carbons (Fsp3) is 0.300. The van der Waals surface area contributed by atoms with Crippen LogP contribution in [0.4, 0.5) is 20.6 Å². The number of anilines is 2. The molecular formula is C10H14FN3O. The number of hydrogen-bond acceptors (Lipinski definition) is 2. The van der Waals surface area contributed by atoms with E-state index in [-0.39, 0.29) is 11.4 Å². The second-order valence-electron chi connectivity index (χ2n) is 3.08. The first kappa shape index (κ1) is 11.3. The second kappa shape index (κ2) is 5.19. The first-order chi connectivity index (χ1) is 7.15. The molecule has 82 valence electrons. The normalized spacial score (nSPS) is 9.73. The molecule has 0 aliphatic heterocycles. The van der Waals surface area contributed by atoms with Gasteiger partial charge in [-0.25, -0.2) is 9.18 Å². The Kier molecular flexibility index (Phi) is 3.91. The van der Waals surface area contributed by atoms with Crippen LogP contribution in [0.2, 0.25) is 0 Å². The van der Waals surface area contributed by atoms with E-state index >= 15 is 0 Å². The molecule has 0 spiro atoms. The van der Waals surface area contributed by atoms with Crippen molar-refractivity contribution >= 4 is 17.4 Å². The highest BCUT2D eigenvalue weighted by atomic mass is 19.1. The molecule has 0 heterocycles. The van der Waals surface area contributed by atoms with Crippen LogP contribution in [0.3, 0.4) is 0 Å². The van der Waals surface area contributed by atoms with Crippen LogP contribution >= 0.6 is 0 Å². The summed E-state index contributed by atoms with van der Waals surface area (Å²) >= 11 is 0. The van der Waals surface area contributed by atoms with Gasteiger partial charge in [-0.15, -0.1) is 0 Å². The lowest BCUT2D eigenvalue weighted by Gasteiger charge is -2.09. The minimum absolute atomic E-state index is 0.0195. The Morgan fingerprint density at radius 1 is 1.53 bits per heavy atom. The standard InChI is InChI=1S/C10H14FN3O/c1-2-6-13-10(15)14-9-7(11)4-3-5-8(9)12/h3-5H,2,6,12H2,1H3,(H2,13,14,15). The number of urea groups is 1. The molecule has 0 radical (unpaired) electrons. The smallest absolute Gasteiger partial charge is 0.319 e. The zero-order valence-electron chi connectivity index (χ0n) is 8.51. The average molecular weight is 211 g/mol. The van der Waals surface area contributed by atoms with Crippen LogP contribution < -0.4 is 16.4 Å². The van der Waals surface area contributed by atoms with Crippen LogP contribution in [-0.4, -0.2) is 12.6 Å². The summed E-state index contributed by atoms with van der Waals surface area (Å²) in [5.41, 5.74) is 5.75. The van der Waals surface area contributed by atoms with Gasteiger partial charge < -0.3 is 16.4 Å². The zero-order valence-corrected chi connectivity index (χ0v) is 8.51. The molecule has 0 fully saturated rings. The number of carbonyl (C=O) groups is 1. The molecule has 0 aromatic heterocycles. The van der Waals surface area contributed by atoms with Gasteiger partial charge in [0.2, 0.25) is 0 Å². The first-order valence-electron chi connectivity index (χ1n) is 4.74. The molecule has 4 nitrogen and oxygen atoms in total. The Hall–Kier alpha value is -1.78. The summed E-state index contributed by atoms with van der Waals surface area (Å²) in [5, 5.41) is 4.93. The van der Waals surface area contributed by atoms with Gasteiger partial charge in [0.15, 0.2) is 0 Å². The van der Waals surface area contributed by atoms with Crippen molar-refractivity contribution in [2.75, 3.05) is 17.6 Å². The van der Waals surface area contributed by atoms with Gasteiger partial charge in [0.1, 0.15) is 11.5 Å². The maximum Gasteiger partial charge on any atom is 0.319 e. The third kappa shape index (κ3) is 3.12. The van der Waals surface area contributed by atoms with Crippen molar-refractivity contribution in [3.8, 4) is 0 Å². The van der Waals surface area contributed by atoms with Gasteiger partial charge in [0.05, 0.1) is 5.69 Å². The van der Waals surface area contributed by atoms with Crippen molar-refractivity contribution in [1.82, 2.24) is 5.32 Å². The molecule has 0 bridgehead atoms. The monoisotopic (exact) mass is 211 g/mol. The van der Waals surface area contributed by atoms with E-state index in [0.717, 1.165) is 6.42 Å². The summed E-state index contributed by atoms with van der Waals surface area (Å²) in [5.74, 6) is -0.540. The van der Waals surface area contributed by atoms with Gasteiger partial charge >= 0.3 is 6.03 Å². The van der Waals surface area contributed by atoms with Crippen LogP contribution in [0.25, 0.3) is 0 Å². The number of amides is 2. The Balaban J connectivity index is 2.68. The number of nitrogens with one attached hydrogen (secondary N) is 2. The topological polar surface area (TPSA) is 67.2 Å². The van der Waals surface area contributed by atoms with E-state index in [1.165, 1.54) is 18.2 Å². The van der Waals surface area contributed by atoms with Crippen LogP contribution in [0.5, 0.6) is 0 Å². The lowest BCUT2D eigenvalue weighted by molar-refractivity contribution is 0.252. The lowest BCUT2D eigenvalue weighted by atomic mass is 10.2. The summed E-state index contributed by atoms with van der Waals surface area (Å²) < 4.78 is 13.2. The van der Waals surface area contributed by atoms with E-state index in [1.807, 2.05) is 6.92 Å². The van der Waals surface area contributed by atoms with Crippen molar-refractivity contribution < 1.29 is 9.18 Å². The predicted octanol–water partition coefficient (Wildman–Crippen LogP) is 1.94. The molecule has 0 aliphatic rings. The van der Waals surface area contributed by atoms with E-state index in [1.54, 1.807) is 0 Å². The molecule has 0 saturated carbocycles. The fourth-order valence-electron chi connectivity index (χ4n) is 1.07. The van der Waals surface area contributed by atoms with Crippen LogP contribution in [-0.2, 0) is 0 Å². The van der Waals surface area contributed by atoms with Crippen LogP contribution in [0.15, 0.2) is 18.2 Å². The van der Waals surface area contributed by atoms with E-state index in [0.29, 0.717) is 6.54 Å². The molecule has 1 rings (SSSR count). The number of rotatable bonds is 3. The van der Waals surface area contributed by atoms with Gasteiger partial charge in [-0.2, -0.15) is 0 Å². The fourth-order valence-corrected chi connectivity index (χ4v) is 1.07. The highest BCUT2D eigenvalue weighted by Gasteiger charge is 2.08. The van der Waals surface area contributed by atoms with E-state index in [9.17, 15) is 9.18 Å². The molecule has 4 N–H and O–H groups in total. The lowest BCUT2D eigenvalue weighted by Crippen LogP contribution is -2.29. The number of benzene rings is 1. The quantitative estimate of drug-likeness (QED) is 0.669. The number of carbonyl (C=O) groups excluding carboxylic acids is 1. The molecule has 1 aromatic carbocycles. The average Bonchev–Trinajstić information content (AvgIpc) is 2.21. The zero-order chi connectivity index (χ0) is 11.3. The molecule has 0 atom stereocenters. The van der Waals surface area contributed by atoms with Crippen molar-refractivity contribution in [2.45, 2.75) is 13.3 Å². The summed E-state index contributed by atoms with van der Waals surface area (Å²) in [6.07, 6.45) is 0.820. The van der Waals surface area contributed by atoms with Crippen LogP contribution in [0.1, 0.15) is 13.3 Å². The van der Waals surface area contributed by atoms with Crippen molar-refractivity contribution in [2.24, 2.45) is 0 Å². The highest BCUT2D eigenvalue weighted by Crippen LogP contribution is 2.21. The molecule has 2 amide bonds. The SMILES string of the molecule is CCCNC(=O)Nc1c(N)cccc1F. The third-order valence-corrected chi connectivity index (χ3v) is 1.82. The maximum atomic E-state index is 13.2. The van der Waals surface area contributed by atoms with Crippen molar-refractivity contribution in [3.05, 3.63) is 24.0 Å². The molecule has 0 aliphatic carbocycles. The highest BCUT2D eigenvalue weighted by molar-refractivity contribution is 5.92. The van der Waals surface area contributed by atoms with Gasteiger partial charge in [0, 0.05) is 6.54 Å². The Labute approximate surface area is 87.7 Å². The second-order valence-corrected chi connectivity index (χ2v) is 3.08. The van der Waals surface area contributed by atoms with Crippen LogP contribution in [0, 0.1) is 5.82 Å². The Bertz CT molecular complexity index is 334. The first-order valence-corrected chi connectivity index (χ1v) is 4.74. The largest absolute Gasteiger partial charge is 0.397 e. The molecule has 0 unspecified atom stereocenters. The van der Waals surface area contributed by atoms with E-state index < -0.39 is 11.8 Å². The number of nitrogens with two attached hydrogens (primary N) is 1. The number of halogens is 1. The molecular weight excluding hydrogens is 197 g/mol. The summed E-state index contributed by atoms with van der Waals surface area (Å²) in [7, 11) is 0. The van der Waals surface area contributed by atoms with Crippen molar-refractivity contribution in [3.63, 3.8) is 0 Å². The Morgan fingerprint density at radius 2 is 2.27 bits per heavy atom. The van der Waals surface area contributed by atoms with Gasteiger partial charge in [-0.1, -0.05) is 13.0 Å². The summed E-state index contributed by atoms with van der Waals surface area (Å²) in [6.45, 7) is 2.47. The number of nitrogen functional groups attached to an aromatic ring is 1. The molecule has 1 aromatic rings. The molecule has 5 heteroatoms. The van der Waals surface area contributed by atoms with Gasteiger partial charge in [0.25, 0.3) is 0 Å². The predicted molar refractivity (Wildman–Crippen MR) is 58.1 cm³/mol. The van der Waals surface area contributed by atoms with E-state index in [4.69, 9.17) is 5.73 Å².